The fourth-order valence-electron chi connectivity index (χ4n) is 3.34. The van der Waals surface area contributed by atoms with Crippen LogP contribution in [0.2, 0.25) is 10.0 Å². The predicted octanol–water partition coefficient (Wildman–Crippen LogP) is 3.17. The highest BCUT2D eigenvalue weighted by atomic mass is 35.5. The number of nitrogens with one attached hydrogen (secondary N) is 3. The molecule has 1 aliphatic heterocycles. The summed E-state index contributed by atoms with van der Waals surface area (Å²) in [4.78, 5) is 23.0. The fraction of sp³-hybridized carbons (Fsp3) is 0.333. The number of piperidine rings is 1. The van der Waals surface area contributed by atoms with Gasteiger partial charge in [0.1, 0.15) is 12.1 Å². The molecule has 0 saturated carbocycles. The summed E-state index contributed by atoms with van der Waals surface area (Å²) in [5, 5.41) is 15.2. The van der Waals surface area contributed by atoms with E-state index in [1.807, 2.05) is 4.90 Å². The maximum Gasteiger partial charge on any atom is 0.241 e. The Hall–Kier alpha value is -2.58. The average Bonchev–Trinajstić information content (AvgIpc) is 3.15. The molecule has 2 aromatic heterocycles. The molecule has 0 aliphatic carbocycles. The molecule has 0 spiro atoms. The van der Waals surface area contributed by atoms with Crippen LogP contribution in [-0.4, -0.2) is 56.6 Å². The fourth-order valence-corrected chi connectivity index (χ4v) is 3.87. The van der Waals surface area contributed by atoms with Gasteiger partial charge in [0.15, 0.2) is 5.65 Å². The van der Waals surface area contributed by atoms with E-state index in [9.17, 15) is 4.79 Å². The summed E-state index contributed by atoms with van der Waals surface area (Å²) in [7, 11) is 0. The molecule has 1 amide bonds. The van der Waals surface area contributed by atoms with Crippen molar-refractivity contribution >= 4 is 51.6 Å². The molecule has 8 nitrogen and oxygen atoms in total. The monoisotopic (exact) mass is 419 g/mol. The standard InChI is InChI=1S/C18H19Cl2N7O/c19-11-4-12(20)6-14(5-11)21-8-16(28)27-3-1-2-13(9-27)25-17-15-7-24-26-18(15)23-10-22-17/h4-7,10,13,21H,1-3,8-9H2,(H2,22,23,24,25,26)/t13-/m0/s1. The van der Waals surface area contributed by atoms with Gasteiger partial charge in [0.2, 0.25) is 5.91 Å². The second-order valence-corrected chi connectivity index (χ2v) is 7.56. The Morgan fingerprint density at radius 1 is 1.25 bits per heavy atom. The van der Waals surface area contributed by atoms with Crippen molar-refractivity contribution in [2.75, 3.05) is 30.3 Å². The van der Waals surface area contributed by atoms with Crippen LogP contribution >= 0.6 is 23.2 Å². The molecular weight excluding hydrogens is 401 g/mol. The van der Waals surface area contributed by atoms with Crippen molar-refractivity contribution < 1.29 is 4.79 Å². The summed E-state index contributed by atoms with van der Waals surface area (Å²) in [6.45, 7) is 1.53. The van der Waals surface area contributed by atoms with Gasteiger partial charge >= 0.3 is 0 Å². The number of nitrogens with zero attached hydrogens (tertiary/aromatic N) is 4. The molecule has 1 aromatic carbocycles. The number of anilines is 2. The maximum atomic E-state index is 12.6. The SMILES string of the molecule is O=C(CNc1cc(Cl)cc(Cl)c1)N1CCC[C@H](Nc2ncnc3[nH]ncc23)C1. The number of benzene rings is 1. The zero-order chi connectivity index (χ0) is 19.5. The Labute approximate surface area is 171 Å². The van der Waals surface area contributed by atoms with Crippen molar-refractivity contribution in [3.63, 3.8) is 0 Å². The zero-order valence-electron chi connectivity index (χ0n) is 15.0. The molecule has 0 radical (unpaired) electrons. The Morgan fingerprint density at radius 3 is 2.89 bits per heavy atom. The summed E-state index contributed by atoms with van der Waals surface area (Å²) in [6.07, 6.45) is 5.08. The summed E-state index contributed by atoms with van der Waals surface area (Å²) in [5.74, 6) is 0.753. The number of aromatic nitrogens is 4. The topological polar surface area (TPSA) is 98.8 Å². The van der Waals surface area contributed by atoms with Crippen LogP contribution in [0.4, 0.5) is 11.5 Å². The number of fused-ring (bicyclic) bond motifs is 1. The van der Waals surface area contributed by atoms with Crippen LogP contribution in [0.5, 0.6) is 0 Å². The van der Waals surface area contributed by atoms with Gasteiger partial charge in [-0.1, -0.05) is 23.2 Å². The van der Waals surface area contributed by atoms with Crippen LogP contribution in [0.15, 0.2) is 30.7 Å². The maximum absolute atomic E-state index is 12.6. The minimum atomic E-state index is 0.0266. The first-order valence-electron chi connectivity index (χ1n) is 8.97. The molecule has 0 unspecified atom stereocenters. The van der Waals surface area contributed by atoms with Gasteiger partial charge in [-0.25, -0.2) is 9.97 Å². The third kappa shape index (κ3) is 4.28. The van der Waals surface area contributed by atoms with E-state index in [2.05, 4.69) is 30.8 Å². The number of hydrogen-bond acceptors (Lipinski definition) is 6. The van der Waals surface area contributed by atoms with Gasteiger partial charge in [-0.3, -0.25) is 9.89 Å². The van der Waals surface area contributed by atoms with Crippen LogP contribution < -0.4 is 10.6 Å². The summed E-state index contributed by atoms with van der Waals surface area (Å²) in [6, 6.07) is 5.26. The number of carbonyl (C=O) groups excluding carboxylic acids is 1. The Balaban J connectivity index is 1.36. The van der Waals surface area contributed by atoms with E-state index in [4.69, 9.17) is 23.2 Å². The Kier molecular flexibility index (Phi) is 5.50. The number of halogens is 2. The normalized spacial score (nSPS) is 16.9. The second-order valence-electron chi connectivity index (χ2n) is 6.69. The number of H-pyrrole nitrogens is 1. The first-order chi connectivity index (χ1) is 13.6. The van der Waals surface area contributed by atoms with Crippen LogP contribution in [0, 0.1) is 0 Å². The molecule has 3 heterocycles. The number of aromatic amines is 1. The molecule has 10 heteroatoms. The highest BCUT2D eigenvalue weighted by Gasteiger charge is 2.24. The first kappa shape index (κ1) is 18.8. The second kappa shape index (κ2) is 8.20. The molecule has 4 rings (SSSR count). The lowest BCUT2D eigenvalue weighted by molar-refractivity contribution is -0.130. The van der Waals surface area contributed by atoms with E-state index in [1.54, 1.807) is 24.4 Å². The van der Waals surface area contributed by atoms with Crippen molar-refractivity contribution in [1.29, 1.82) is 0 Å². The molecule has 1 saturated heterocycles. The summed E-state index contributed by atoms with van der Waals surface area (Å²) >= 11 is 12.0. The van der Waals surface area contributed by atoms with E-state index < -0.39 is 0 Å². The van der Waals surface area contributed by atoms with E-state index in [1.165, 1.54) is 6.33 Å². The molecule has 146 valence electrons. The molecule has 3 N–H and O–H groups in total. The van der Waals surface area contributed by atoms with E-state index in [-0.39, 0.29) is 18.5 Å². The van der Waals surface area contributed by atoms with Gasteiger partial charge in [0, 0.05) is 34.9 Å². The minimum Gasteiger partial charge on any atom is -0.376 e. The molecular formula is C18H19Cl2N7O. The highest BCUT2D eigenvalue weighted by Crippen LogP contribution is 2.23. The lowest BCUT2D eigenvalue weighted by Gasteiger charge is -2.33. The highest BCUT2D eigenvalue weighted by molar-refractivity contribution is 6.35. The van der Waals surface area contributed by atoms with Crippen molar-refractivity contribution in [2.24, 2.45) is 0 Å². The summed E-state index contributed by atoms with van der Waals surface area (Å²) in [5.41, 5.74) is 1.41. The average molecular weight is 420 g/mol. The van der Waals surface area contributed by atoms with Crippen LogP contribution in [0.3, 0.4) is 0 Å². The quantitative estimate of drug-likeness (QED) is 0.587. The van der Waals surface area contributed by atoms with E-state index in [0.29, 0.717) is 22.2 Å². The smallest absolute Gasteiger partial charge is 0.241 e. The van der Waals surface area contributed by atoms with Crippen molar-refractivity contribution in [3.8, 4) is 0 Å². The predicted molar refractivity (Wildman–Crippen MR) is 110 cm³/mol. The Bertz CT molecular complexity index is 973. The van der Waals surface area contributed by atoms with Crippen LogP contribution in [0.1, 0.15) is 12.8 Å². The van der Waals surface area contributed by atoms with Crippen molar-refractivity contribution in [2.45, 2.75) is 18.9 Å². The third-order valence-corrected chi connectivity index (χ3v) is 5.11. The molecule has 0 bridgehead atoms. The van der Waals surface area contributed by atoms with Crippen molar-refractivity contribution in [1.82, 2.24) is 25.1 Å². The van der Waals surface area contributed by atoms with Gasteiger partial charge < -0.3 is 15.5 Å². The third-order valence-electron chi connectivity index (χ3n) is 4.67. The molecule has 28 heavy (non-hydrogen) atoms. The van der Waals surface area contributed by atoms with Crippen LogP contribution in [0.25, 0.3) is 11.0 Å². The number of amides is 1. The molecule has 1 aliphatic rings. The van der Waals surface area contributed by atoms with Crippen molar-refractivity contribution in [3.05, 3.63) is 40.8 Å². The number of likely N-dealkylation sites (tertiary alicyclic amines) is 1. The zero-order valence-corrected chi connectivity index (χ0v) is 16.5. The van der Waals surface area contributed by atoms with Crippen LogP contribution in [-0.2, 0) is 4.79 Å². The lowest BCUT2D eigenvalue weighted by atomic mass is 10.1. The number of rotatable bonds is 5. The first-order valence-corrected chi connectivity index (χ1v) is 9.72. The van der Waals surface area contributed by atoms with Gasteiger partial charge in [0.25, 0.3) is 0 Å². The molecule has 1 atom stereocenters. The van der Waals surface area contributed by atoms with Gasteiger partial charge in [-0.15, -0.1) is 0 Å². The molecule has 3 aromatic rings. The van der Waals surface area contributed by atoms with E-state index in [0.717, 1.165) is 36.3 Å². The summed E-state index contributed by atoms with van der Waals surface area (Å²) < 4.78 is 0. The van der Waals surface area contributed by atoms with Gasteiger partial charge in [0.05, 0.1) is 18.1 Å². The van der Waals surface area contributed by atoms with Gasteiger partial charge in [-0.2, -0.15) is 5.10 Å². The number of hydrogen-bond donors (Lipinski definition) is 3. The minimum absolute atomic E-state index is 0.0266. The molecule has 1 fully saturated rings. The lowest BCUT2D eigenvalue weighted by Crippen LogP contribution is -2.47. The Morgan fingerprint density at radius 2 is 2.07 bits per heavy atom. The number of carbonyl (C=O) groups is 1. The van der Waals surface area contributed by atoms with E-state index >= 15 is 0 Å². The largest absolute Gasteiger partial charge is 0.376 e. The van der Waals surface area contributed by atoms with Gasteiger partial charge in [-0.05, 0) is 31.0 Å².